The molecule has 1 aromatic rings. The van der Waals surface area contributed by atoms with Gasteiger partial charge in [0.15, 0.2) is 5.56 Å². The van der Waals surface area contributed by atoms with Crippen molar-refractivity contribution in [1.29, 1.82) is 0 Å². The molecule has 0 saturated heterocycles. The first-order chi connectivity index (χ1) is 8.45. The summed E-state index contributed by atoms with van der Waals surface area (Å²) in [5, 5.41) is 22.7. The number of hydrogen-bond acceptors (Lipinski definition) is 6. The lowest BCUT2D eigenvalue weighted by Gasteiger charge is -1.97. The summed E-state index contributed by atoms with van der Waals surface area (Å²) < 4.78 is 5.68. The quantitative estimate of drug-likeness (QED) is 0.445. The summed E-state index contributed by atoms with van der Waals surface area (Å²) in [7, 11) is 0. The minimum Gasteiger partial charge on any atom is -0.481 e. The molecule has 98 valence electrons. The smallest absolute Gasteiger partial charge is 0.404 e. The zero-order chi connectivity index (χ0) is 13.7. The normalized spacial score (nSPS) is 10.1. The molecule has 0 spiro atoms. The fourth-order valence-electron chi connectivity index (χ4n) is 1.22. The molecule has 0 aromatic carbocycles. The number of ether oxygens (including phenoxy) is 1. The van der Waals surface area contributed by atoms with Crippen LogP contribution in [0.2, 0.25) is 0 Å². The van der Waals surface area contributed by atoms with Gasteiger partial charge in [-0.15, -0.1) is 0 Å². The highest BCUT2D eigenvalue weighted by molar-refractivity contribution is 5.92. The molecule has 0 amide bonds. The van der Waals surface area contributed by atoms with Crippen LogP contribution in [-0.4, -0.2) is 38.4 Å². The molecule has 0 atom stereocenters. The number of hydrogen-bond donors (Lipinski definition) is 1. The summed E-state index contributed by atoms with van der Waals surface area (Å²) in [5.41, 5.74) is -0.285. The largest absolute Gasteiger partial charge is 0.481 e. The van der Waals surface area contributed by atoms with Gasteiger partial charge in [0.2, 0.25) is 0 Å². The third-order valence-electron chi connectivity index (χ3n) is 1.97. The number of nitrogens with zero attached hydrogens (tertiary/aromatic N) is 3. The van der Waals surface area contributed by atoms with E-state index in [9.17, 15) is 19.7 Å². The number of carbonyl (C=O) groups excluding carboxylic acids is 1. The minimum absolute atomic E-state index is 0.0599. The Morgan fingerprint density at radius 2 is 2.28 bits per heavy atom. The highest BCUT2D eigenvalue weighted by atomic mass is 16.6. The maximum absolute atomic E-state index is 11.4. The first-order valence-corrected chi connectivity index (χ1v) is 5.06. The van der Waals surface area contributed by atoms with E-state index >= 15 is 0 Å². The molecule has 1 heterocycles. The van der Waals surface area contributed by atoms with Gasteiger partial charge in [0, 0.05) is 0 Å². The Labute approximate surface area is 101 Å². The number of aliphatic carboxylic acids is 1. The average molecular weight is 257 g/mol. The number of carbonyl (C=O) groups is 2. The Bertz CT molecular complexity index is 481. The van der Waals surface area contributed by atoms with Gasteiger partial charge in [-0.2, -0.15) is 4.68 Å². The number of carboxylic acids is 1. The molecule has 0 radical (unpaired) electrons. The monoisotopic (exact) mass is 257 g/mol. The number of nitro groups is 1. The van der Waals surface area contributed by atoms with Gasteiger partial charge < -0.3 is 20.0 Å². The van der Waals surface area contributed by atoms with Crippen LogP contribution in [0, 0.1) is 10.1 Å². The molecule has 9 nitrogen and oxygen atoms in total. The Morgan fingerprint density at radius 3 is 2.78 bits per heavy atom. The van der Waals surface area contributed by atoms with Crippen LogP contribution in [0.25, 0.3) is 0 Å². The lowest BCUT2D eigenvalue weighted by Crippen LogP contribution is -2.06. The van der Waals surface area contributed by atoms with Crippen LogP contribution in [0.3, 0.4) is 0 Å². The molecule has 0 aliphatic carbocycles. The van der Waals surface area contributed by atoms with Crippen LogP contribution in [0.4, 0.5) is 5.82 Å². The molecule has 1 N–H and O–H groups in total. The van der Waals surface area contributed by atoms with Crippen LogP contribution in [0.15, 0.2) is 6.20 Å². The van der Waals surface area contributed by atoms with Crippen molar-refractivity contribution in [3.8, 4) is 0 Å². The molecule has 1 rings (SSSR count). The third kappa shape index (κ3) is 3.27. The molecular formula is C9H11N3O6. The standard InChI is InChI=1S/C9H11N3O6/c1-2-18-9(15)6-5-11(4-3-7(13)14)10-8(6)12(16)17/h5H,2-4H2,1H3,(H,13,14). The van der Waals surface area contributed by atoms with E-state index < -0.39 is 22.7 Å². The van der Waals surface area contributed by atoms with Crippen LogP contribution in [0.1, 0.15) is 23.7 Å². The van der Waals surface area contributed by atoms with Gasteiger partial charge in [-0.05, 0) is 11.8 Å². The lowest BCUT2D eigenvalue weighted by molar-refractivity contribution is -0.390. The number of carboxylic acid groups (broad SMARTS) is 1. The lowest BCUT2D eigenvalue weighted by atomic mass is 10.3. The fraction of sp³-hybridized carbons (Fsp3) is 0.444. The van der Waals surface area contributed by atoms with E-state index in [4.69, 9.17) is 5.11 Å². The summed E-state index contributed by atoms with van der Waals surface area (Å²) in [5.74, 6) is -2.56. The van der Waals surface area contributed by atoms with E-state index in [-0.39, 0.29) is 25.1 Å². The van der Waals surface area contributed by atoms with E-state index in [1.807, 2.05) is 0 Å². The maximum atomic E-state index is 11.4. The molecule has 1 aromatic heterocycles. The van der Waals surface area contributed by atoms with Gasteiger partial charge in [-0.25, -0.2) is 4.79 Å². The van der Waals surface area contributed by atoms with Crippen LogP contribution >= 0.6 is 0 Å². The molecule has 9 heteroatoms. The minimum atomic E-state index is -1.06. The average Bonchev–Trinajstić information content (AvgIpc) is 2.71. The number of rotatable bonds is 6. The molecule has 0 aliphatic rings. The van der Waals surface area contributed by atoms with Crippen LogP contribution in [-0.2, 0) is 16.1 Å². The molecule has 0 fully saturated rings. The van der Waals surface area contributed by atoms with Crippen molar-refractivity contribution in [3.05, 3.63) is 21.9 Å². The van der Waals surface area contributed by atoms with Crippen molar-refractivity contribution < 1.29 is 24.4 Å². The Kier molecular flexibility index (Phi) is 4.35. The topological polar surface area (TPSA) is 125 Å². The first-order valence-electron chi connectivity index (χ1n) is 5.06. The van der Waals surface area contributed by atoms with Gasteiger partial charge in [0.25, 0.3) is 0 Å². The van der Waals surface area contributed by atoms with Crippen LogP contribution in [0.5, 0.6) is 0 Å². The zero-order valence-electron chi connectivity index (χ0n) is 9.53. The Balaban J connectivity index is 2.97. The van der Waals surface area contributed by atoms with E-state index in [1.165, 1.54) is 0 Å². The van der Waals surface area contributed by atoms with Crippen molar-refractivity contribution in [2.24, 2.45) is 0 Å². The summed E-state index contributed by atoms with van der Waals surface area (Å²) >= 11 is 0. The molecular weight excluding hydrogens is 246 g/mol. The van der Waals surface area contributed by atoms with Crippen LogP contribution < -0.4 is 0 Å². The third-order valence-corrected chi connectivity index (χ3v) is 1.97. The van der Waals surface area contributed by atoms with Crippen molar-refractivity contribution in [1.82, 2.24) is 9.78 Å². The molecule has 0 bridgehead atoms. The van der Waals surface area contributed by atoms with E-state index in [2.05, 4.69) is 9.84 Å². The summed E-state index contributed by atoms with van der Waals surface area (Å²) in [6.07, 6.45) is 0.861. The van der Waals surface area contributed by atoms with Crippen molar-refractivity contribution in [2.45, 2.75) is 19.9 Å². The van der Waals surface area contributed by atoms with Crippen molar-refractivity contribution in [3.63, 3.8) is 0 Å². The number of aryl methyl sites for hydroxylation is 1. The Morgan fingerprint density at radius 1 is 1.61 bits per heavy atom. The molecule has 18 heavy (non-hydrogen) atoms. The number of aromatic nitrogens is 2. The summed E-state index contributed by atoms with van der Waals surface area (Å²) in [6.45, 7) is 1.59. The van der Waals surface area contributed by atoms with Gasteiger partial charge in [-0.1, -0.05) is 0 Å². The van der Waals surface area contributed by atoms with Gasteiger partial charge in [-0.3, -0.25) is 4.79 Å². The SMILES string of the molecule is CCOC(=O)c1cn(CCC(=O)O)nc1[N+](=O)[O-]. The maximum Gasteiger partial charge on any atom is 0.404 e. The van der Waals surface area contributed by atoms with Gasteiger partial charge in [0.1, 0.15) is 0 Å². The van der Waals surface area contributed by atoms with E-state index in [0.717, 1.165) is 10.9 Å². The second-order valence-corrected chi connectivity index (χ2v) is 3.25. The molecule has 0 unspecified atom stereocenters. The van der Waals surface area contributed by atoms with Crippen molar-refractivity contribution in [2.75, 3.05) is 6.61 Å². The molecule has 0 aliphatic heterocycles. The highest BCUT2D eigenvalue weighted by Gasteiger charge is 2.27. The predicted molar refractivity (Wildman–Crippen MR) is 57.1 cm³/mol. The van der Waals surface area contributed by atoms with E-state index in [1.54, 1.807) is 6.92 Å². The zero-order valence-corrected chi connectivity index (χ0v) is 9.53. The van der Waals surface area contributed by atoms with Gasteiger partial charge >= 0.3 is 17.8 Å². The fourth-order valence-corrected chi connectivity index (χ4v) is 1.22. The van der Waals surface area contributed by atoms with E-state index in [0.29, 0.717) is 0 Å². The predicted octanol–water partition coefficient (Wildman–Crippen LogP) is 0.443. The number of esters is 1. The summed E-state index contributed by atoms with van der Waals surface area (Å²) in [6, 6.07) is 0. The second kappa shape index (κ2) is 5.75. The van der Waals surface area contributed by atoms with Gasteiger partial charge in [0.05, 0.1) is 30.9 Å². The summed E-state index contributed by atoms with van der Waals surface area (Å²) in [4.78, 5) is 31.7. The molecule has 0 saturated carbocycles. The Hall–Kier alpha value is -2.45. The highest BCUT2D eigenvalue weighted by Crippen LogP contribution is 2.17. The second-order valence-electron chi connectivity index (χ2n) is 3.25. The van der Waals surface area contributed by atoms with Crippen molar-refractivity contribution >= 4 is 17.8 Å². The first kappa shape index (κ1) is 13.6.